The summed E-state index contributed by atoms with van der Waals surface area (Å²) in [6.45, 7) is 3.57. The Morgan fingerprint density at radius 3 is 2.76 bits per heavy atom. The molecule has 1 aliphatic carbocycles. The fourth-order valence-corrected chi connectivity index (χ4v) is 3.85. The maximum atomic E-state index is 3.52. The summed E-state index contributed by atoms with van der Waals surface area (Å²) in [4.78, 5) is 3.96. The first-order valence-corrected chi connectivity index (χ1v) is 7.82. The molecule has 1 aromatic heterocycles. The number of hydrogen-bond donors (Lipinski definition) is 1. The lowest BCUT2D eigenvalue weighted by atomic mass is 10.1. The molecule has 1 fully saturated rings. The highest BCUT2D eigenvalue weighted by Gasteiger charge is 2.42. The molecule has 96 valence electrons. The van der Waals surface area contributed by atoms with Crippen LogP contribution in [-0.2, 0) is 6.42 Å². The van der Waals surface area contributed by atoms with Gasteiger partial charge in [0.15, 0.2) is 0 Å². The maximum absolute atomic E-state index is 3.52. The summed E-state index contributed by atoms with van der Waals surface area (Å²) in [5.41, 5.74) is 0.583. The fourth-order valence-electron chi connectivity index (χ4n) is 2.38. The van der Waals surface area contributed by atoms with E-state index in [2.05, 4.69) is 52.4 Å². The van der Waals surface area contributed by atoms with Crippen molar-refractivity contribution >= 4 is 27.3 Å². The molecule has 0 saturated heterocycles. The summed E-state index contributed by atoms with van der Waals surface area (Å²) in [7, 11) is 4.31. The van der Waals surface area contributed by atoms with Gasteiger partial charge in [-0.2, -0.15) is 0 Å². The van der Waals surface area contributed by atoms with Crippen molar-refractivity contribution in [3.8, 4) is 0 Å². The Morgan fingerprint density at radius 1 is 1.47 bits per heavy atom. The van der Waals surface area contributed by atoms with Gasteiger partial charge in [-0.1, -0.05) is 0 Å². The van der Waals surface area contributed by atoms with Crippen LogP contribution in [0.25, 0.3) is 0 Å². The Balaban J connectivity index is 1.72. The molecule has 2 nitrogen and oxygen atoms in total. The van der Waals surface area contributed by atoms with E-state index >= 15 is 0 Å². The first-order valence-electron chi connectivity index (χ1n) is 6.21. The molecule has 4 heteroatoms. The molecule has 0 unspecified atom stereocenters. The number of rotatable bonds is 7. The first kappa shape index (κ1) is 13.5. The largest absolute Gasteiger partial charge is 0.319 e. The van der Waals surface area contributed by atoms with E-state index in [1.165, 1.54) is 47.6 Å². The number of thiophene rings is 1. The molecule has 17 heavy (non-hydrogen) atoms. The molecule has 0 bridgehead atoms. The van der Waals surface area contributed by atoms with Gasteiger partial charge in [0.25, 0.3) is 0 Å². The molecule has 1 aliphatic rings. The highest BCUT2D eigenvalue weighted by Crippen LogP contribution is 2.45. The van der Waals surface area contributed by atoms with Crippen LogP contribution in [0.1, 0.15) is 17.7 Å². The number of hydrogen-bond acceptors (Lipinski definition) is 3. The minimum Gasteiger partial charge on any atom is -0.319 e. The second-order valence-corrected chi connectivity index (χ2v) is 7.77. The van der Waals surface area contributed by atoms with Crippen molar-refractivity contribution in [2.75, 3.05) is 33.7 Å². The minimum absolute atomic E-state index is 0.583. The third-order valence-electron chi connectivity index (χ3n) is 3.48. The zero-order chi connectivity index (χ0) is 12.3. The van der Waals surface area contributed by atoms with E-state index < -0.39 is 0 Å². The van der Waals surface area contributed by atoms with Crippen LogP contribution in [-0.4, -0.2) is 38.6 Å². The van der Waals surface area contributed by atoms with Crippen molar-refractivity contribution in [2.24, 2.45) is 5.41 Å². The summed E-state index contributed by atoms with van der Waals surface area (Å²) < 4.78 is 1.24. The Morgan fingerprint density at radius 2 is 2.24 bits per heavy atom. The quantitative estimate of drug-likeness (QED) is 0.832. The third kappa shape index (κ3) is 4.05. The van der Waals surface area contributed by atoms with E-state index in [0.717, 1.165) is 0 Å². The smallest absolute Gasteiger partial charge is 0.0701 e. The minimum atomic E-state index is 0.583. The lowest BCUT2D eigenvalue weighted by molar-refractivity contribution is 0.262. The number of halogens is 1. The van der Waals surface area contributed by atoms with Crippen molar-refractivity contribution in [2.45, 2.75) is 19.3 Å². The highest BCUT2D eigenvalue weighted by atomic mass is 79.9. The molecule has 0 spiro atoms. The van der Waals surface area contributed by atoms with Gasteiger partial charge in [-0.05, 0) is 66.8 Å². The normalized spacial score (nSPS) is 17.6. The second kappa shape index (κ2) is 5.83. The Hall–Kier alpha value is 0.1000. The van der Waals surface area contributed by atoms with Crippen LogP contribution in [0.2, 0.25) is 0 Å². The SMILES string of the molecule is CNCC1(CN(C)CCc2ccc(Br)s2)CC1. The van der Waals surface area contributed by atoms with Crippen LogP contribution in [0.4, 0.5) is 0 Å². The average molecular weight is 317 g/mol. The molecule has 1 heterocycles. The summed E-state index contributed by atoms with van der Waals surface area (Å²) >= 11 is 5.37. The lowest BCUT2D eigenvalue weighted by Crippen LogP contribution is -2.33. The van der Waals surface area contributed by atoms with Crippen molar-refractivity contribution in [1.29, 1.82) is 0 Å². The van der Waals surface area contributed by atoms with Crippen molar-refractivity contribution in [3.05, 3.63) is 20.8 Å². The van der Waals surface area contributed by atoms with Gasteiger partial charge in [-0.15, -0.1) is 11.3 Å². The van der Waals surface area contributed by atoms with E-state index in [-0.39, 0.29) is 0 Å². The van der Waals surface area contributed by atoms with Crippen molar-refractivity contribution in [1.82, 2.24) is 10.2 Å². The van der Waals surface area contributed by atoms with Gasteiger partial charge < -0.3 is 10.2 Å². The predicted octanol–water partition coefficient (Wildman–Crippen LogP) is 2.98. The zero-order valence-corrected chi connectivity index (χ0v) is 13.0. The average Bonchev–Trinajstić information content (AvgIpc) is 2.89. The Bertz CT molecular complexity index is 360. The van der Waals surface area contributed by atoms with E-state index in [9.17, 15) is 0 Å². The zero-order valence-electron chi connectivity index (χ0n) is 10.6. The Kier molecular flexibility index (Phi) is 4.64. The predicted molar refractivity (Wildman–Crippen MR) is 78.8 cm³/mol. The summed E-state index contributed by atoms with van der Waals surface area (Å²) in [5, 5.41) is 3.32. The van der Waals surface area contributed by atoms with E-state index in [1.54, 1.807) is 0 Å². The fraction of sp³-hybridized carbons (Fsp3) is 0.692. The van der Waals surface area contributed by atoms with Crippen LogP contribution in [0.5, 0.6) is 0 Å². The topological polar surface area (TPSA) is 15.3 Å². The third-order valence-corrected chi connectivity index (χ3v) is 5.17. The molecule has 0 radical (unpaired) electrons. The lowest BCUT2D eigenvalue weighted by Gasteiger charge is -2.23. The van der Waals surface area contributed by atoms with Crippen LogP contribution >= 0.6 is 27.3 Å². The van der Waals surface area contributed by atoms with Gasteiger partial charge >= 0.3 is 0 Å². The van der Waals surface area contributed by atoms with E-state index in [0.29, 0.717) is 5.41 Å². The van der Waals surface area contributed by atoms with Crippen LogP contribution in [0, 0.1) is 5.41 Å². The molecule has 0 amide bonds. The van der Waals surface area contributed by atoms with Gasteiger partial charge in [0.1, 0.15) is 0 Å². The monoisotopic (exact) mass is 316 g/mol. The molecule has 1 saturated carbocycles. The molecule has 2 rings (SSSR count). The van der Waals surface area contributed by atoms with E-state index in [1.807, 2.05) is 11.3 Å². The molecule has 0 aliphatic heterocycles. The van der Waals surface area contributed by atoms with Gasteiger partial charge in [0.2, 0.25) is 0 Å². The molecule has 1 N–H and O–H groups in total. The number of likely N-dealkylation sites (N-methyl/N-ethyl adjacent to an activating group) is 1. The standard InChI is InChI=1S/C13H21BrN2S/c1-15-9-13(6-7-13)10-16(2)8-5-11-3-4-12(14)17-11/h3-4,15H,5-10H2,1-2H3. The van der Waals surface area contributed by atoms with Crippen molar-refractivity contribution in [3.63, 3.8) is 0 Å². The summed E-state index contributed by atoms with van der Waals surface area (Å²) in [5.74, 6) is 0. The van der Waals surface area contributed by atoms with Crippen molar-refractivity contribution < 1.29 is 0 Å². The summed E-state index contributed by atoms with van der Waals surface area (Å²) in [6.07, 6.45) is 3.95. The molecule has 1 aromatic rings. The van der Waals surface area contributed by atoms with Gasteiger partial charge in [0.05, 0.1) is 3.79 Å². The first-order chi connectivity index (χ1) is 8.13. The Labute approximate surface area is 117 Å². The van der Waals surface area contributed by atoms with Gasteiger partial charge in [-0.25, -0.2) is 0 Å². The number of nitrogens with one attached hydrogen (secondary N) is 1. The van der Waals surface area contributed by atoms with Gasteiger partial charge in [-0.3, -0.25) is 0 Å². The molecule has 0 atom stereocenters. The van der Waals surface area contributed by atoms with Crippen LogP contribution in [0.15, 0.2) is 15.9 Å². The van der Waals surface area contributed by atoms with Gasteiger partial charge in [0, 0.05) is 24.5 Å². The van der Waals surface area contributed by atoms with E-state index in [4.69, 9.17) is 0 Å². The summed E-state index contributed by atoms with van der Waals surface area (Å²) in [6, 6.07) is 4.37. The molecular formula is C13H21BrN2S. The maximum Gasteiger partial charge on any atom is 0.0701 e. The number of nitrogens with zero attached hydrogens (tertiary/aromatic N) is 1. The second-order valence-electron chi connectivity index (χ2n) is 5.22. The molecular weight excluding hydrogens is 296 g/mol. The van der Waals surface area contributed by atoms with Crippen LogP contribution in [0.3, 0.4) is 0 Å². The highest BCUT2D eigenvalue weighted by molar-refractivity contribution is 9.11. The van der Waals surface area contributed by atoms with Crippen LogP contribution < -0.4 is 5.32 Å². The molecule has 0 aromatic carbocycles.